The van der Waals surface area contributed by atoms with Crippen LogP contribution in [0.15, 0.2) is 0 Å². The standard InChI is InChI=1S/C5H12NO2/c1-4(2)6-3-5(7)8/h4-8H,1,3H2,2H3. The van der Waals surface area contributed by atoms with E-state index in [9.17, 15) is 0 Å². The zero-order valence-electron chi connectivity index (χ0n) is 4.96. The van der Waals surface area contributed by atoms with E-state index in [1.165, 1.54) is 0 Å². The molecule has 1 radical (unpaired) electrons. The minimum absolute atomic E-state index is 0.0665. The van der Waals surface area contributed by atoms with Crippen LogP contribution in [-0.4, -0.2) is 29.1 Å². The van der Waals surface area contributed by atoms with Gasteiger partial charge in [0.1, 0.15) is 0 Å². The molecule has 0 amide bonds. The molecule has 0 aliphatic heterocycles. The van der Waals surface area contributed by atoms with E-state index in [-0.39, 0.29) is 12.6 Å². The van der Waals surface area contributed by atoms with Gasteiger partial charge in [-0.05, 0) is 13.8 Å². The Morgan fingerprint density at radius 1 is 1.62 bits per heavy atom. The van der Waals surface area contributed by atoms with E-state index in [0.29, 0.717) is 0 Å². The third kappa shape index (κ3) is 5.88. The van der Waals surface area contributed by atoms with Gasteiger partial charge in [0.25, 0.3) is 0 Å². The van der Waals surface area contributed by atoms with Crippen molar-refractivity contribution in [1.82, 2.24) is 5.32 Å². The molecule has 0 aromatic carbocycles. The Morgan fingerprint density at radius 3 is 2.25 bits per heavy atom. The first-order chi connectivity index (χ1) is 3.63. The van der Waals surface area contributed by atoms with Gasteiger partial charge in [0.05, 0.1) is 0 Å². The van der Waals surface area contributed by atoms with Crippen LogP contribution < -0.4 is 5.32 Å². The van der Waals surface area contributed by atoms with E-state index < -0.39 is 6.29 Å². The molecule has 3 N–H and O–H groups in total. The molecule has 0 saturated heterocycles. The molecule has 0 aliphatic rings. The van der Waals surface area contributed by atoms with Crippen LogP contribution in [0.5, 0.6) is 0 Å². The average molecular weight is 118 g/mol. The predicted molar refractivity (Wildman–Crippen MR) is 31.0 cm³/mol. The summed E-state index contributed by atoms with van der Waals surface area (Å²) in [5.41, 5.74) is 0. The van der Waals surface area contributed by atoms with Gasteiger partial charge in [-0.25, -0.2) is 0 Å². The van der Waals surface area contributed by atoms with E-state index in [0.717, 1.165) is 0 Å². The molecule has 3 nitrogen and oxygen atoms in total. The zero-order valence-corrected chi connectivity index (χ0v) is 4.96. The Hall–Kier alpha value is -0.120. The van der Waals surface area contributed by atoms with Crippen LogP contribution in [0.2, 0.25) is 0 Å². The van der Waals surface area contributed by atoms with Crippen molar-refractivity contribution in [3.05, 3.63) is 6.92 Å². The summed E-state index contributed by atoms with van der Waals surface area (Å²) in [5, 5.41) is 19.3. The van der Waals surface area contributed by atoms with Crippen LogP contribution >= 0.6 is 0 Å². The van der Waals surface area contributed by atoms with E-state index >= 15 is 0 Å². The lowest BCUT2D eigenvalue weighted by Crippen LogP contribution is -2.31. The molecule has 49 valence electrons. The molecular weight excluding hydrogens is 106 g/mol. The fourth-order valence-electron chi connectivity index (χ4n) is 0.307. The number of aliphatic hydroxyl groups is 2. The maximum atomic E-state index is 8.27. The summed E-state index contributed by atoms with van der Waals surface area (Å²) in [6, 6.07) is 0.0665. The molecule has 0 bridgehead atoms. The van der Waals surface area contributed by atoms with Gasteiger partial charge < -0.3 is 15.5 Å². The Labute approximate surface area is 49.3 Å². The molecule has 3 heteroatoms. The van der Waals surface area contributed by atoms with Gasteiger partial charge in [-0.15, -0.1) is 0 Å². The van der Waals surface area contributed by atoms with Crippen molar-refractivity contribution in [2.75, 3.05) is 6.54 Å². The molecule has 0 rings (SSSR count). The Kier molecular flexibility index (Phi) is 3.77. The van der Waals surface area contributed by atoms with Crippen molar-refractivity contribution in [1.29, 1.82) is 0 Å². The highest BCUT2D eigenvalue weighted by Gasteiger charge is 1.96. The van der Waals surface area contributed by atoms with Gasteiger partial charge in [-0.1, -0.05) is 0 Å². The number of nitrogens with one attached hydrogen (secondary N) is 1. The summed E-state index contributed by atoms with van der Waals surface area (Å²) in [4.78, 5) is 0. The summed E-state index contributed by atoms with van der Waals surface area (Å²) in [7, 11) is 0. The van der Waals surface area contributed by atoms with Crippen LogP contribution in [0.25, 0.3) is 0 Å². The molecule has 0 saturated carbocycles. The van der Waals surface area contributed by atoms with Crippen molar-refractivity contribution in [3.8, 4) is 0 Å². The highest BCUT2D eigenvalue weighted by atomic mass is 16.5. The molecule has 0 heterocycles. The smallest absolute Gasteiger partial charge is 0.164 e. The van der Waals surface area contributed by atoms with Crippen molar-refractivity contribution < 1.29 is 10.2 Å². The lowest BCUT2D eigenvalue weighted by Gasteiger charge is -2.07. The molecule has 1 atom stereocenters. The van der Waals surface area contributed by atoms with Crippen molar-refractivity contribution in [2.24, 2.45) is 0 Å². The van der Waals surface area contributed by atoms with E-state index in [1.54, 1.807) is 0 Å². The second-order valence-corrected chi connectivity index (χ2v) is 1.79. The molecule has 1 unspecified atom stereocenters. The van der Waals surface area contributed by atoms with Gasteiger partial charge >= 0.3 is 0 Å². The zero-order chi connectivity index (χ0) is 6.57. The molecule has 0 aromatic heterocycles. The minimum Gasteiger partial charge on any atom is -0.367 e. The Bertz CT molecular complexity index is 46.4. The summed E-state index contributed by atoms with van der Waals surface area (Å²) in [6.45, 7) is 5.60. The van der Waals surface area contributed by atoms with E-state index in [2.05, 4.69) is 12.2 Å². The first-order valence-electron chi connectivity index (χ1n) is 2.55. The number of hydrogen-bond donors (Lipinski definition) is 3. The highest BCUT2D eigenvalue weighted by molar-refractivity contribution is 4.60. The van der Waals surface area contributed by atoms with Crippen LogP contribution in [0, 0.1) is 6.92 Å². The van der Waals surface area contributed by atoms with Gasteiger partial charge in [0, 0.05) is 12.6 Å². The van der Waals surface area contributed by atoms with Crippen molar-refractivity contribution in [2.45, 2.75) is 19.3 Å². The average Bonchev–Trinajstić information content (AvgIpc) is 1.61. The largest absolute Gasteiger partial charge is 0.367 e. The summed E-state index contributed by atoms with van der Waals surface area (Å²) in [6.07, 6.45) is -1.26. The lowest BCUT2D eigenvalue weighted by molar-refractivity contribution is -0.0379. The number of rotatable bonds is 3. The first-order valence-corrected chi connectivity index (χ1v) is 2.55. The van der Waals surface area contributed by atoms with Gasteiger partial charge in [0.15, 0.2) is 6.29 Å². The van der Waals surface area contributed by atoms with E-state index in [1.807, 2.05) is 6.92 Å². The second kappa shape index (κ2) is 3.83. The first kappa shape index (κ1) is 7.88. The number of hydrogen-bond acceptors (Lipinski definition) is 3. The molecule has 0 spiro atoms. The Balaban J connectivity index is 2.93. The normalized spacial score (nSPS) is 11.2. The lowest BCUT2D eigenvalue weighted by atomic mass is 10.4. The van der Waals surface area contributed by atoms with Gasteiger partial charge in [-0.2, -0.15) is 0 Å². The van der Waals surface area contributed by atoms with Crippen molar-refractivity contribution in [3.63, 3.8) is 0 Å². The summed E-state index contributed by atoms with van der Waals surface area (Å²) < 4.78 is 0. The van der Waals surface area contributed by atoms with Crippen LogP contribution in [0.4, 0.5) is 0 Å². The van der Waals surface area contributed by atoms with Gasteiger partial charge in [-0.3, -0.25) is 0 Å². The van der Waals surface area contributed by atoms with Crippen LogP contribution in [0.3, 0.4) is 0 Å². The van der Waals surface area contributed by atoms with Crippen LogP contribution in [0.1, 0.15) is 6.92 Å². The fourth-order valence-corrected chi connectivity index (χ4v) is 0.307. The summed E-state index contributed by atoms with van der Waals surface area (Å²) >= 11 is 0. The fraction of sp³-hybridized carbons (Fsp3) is 0.800. The highest BCUT2D eigenvalue weighted by Crippen LogP contribution is 1.75. The maximum absolute atomic E-state index is 8.27. The third-order valence-electron chi connectivity index (χ3n) is 0.649. The predicted octanol–water partition coefficient (Wildman–Crippen LogP) is -0.891. The minimum atomic E-state index is -1.26. The van der Waals surface area contributed by atoms with Crippen molar-refractivity contribution >= 4 is 0 Å². The Morgan fingerprint density at radius 2 is 2.12 bits per heavy atom. The molecule has 8 heavy (non-hydrogen) atoms. The summed E-state index contributed by atoms with van der Waals surface area (Å²) in [5.74, 6) is 0. The molecule has 0 aliphatic carbocycles. The monoisotopic (exact) mass is 118 g/mol. The quantitative estimate of drug-likeness (QED) is 0.421. The van der Waals surface area contributed by atoms with Gasteiger partial charge in [0.2, 0.25) is 0 Å². The van der Waals surface area contributed by atoms with E-state index in [4.69, 9.17) is 10.2 Å². The molecule has 0 fully saturated rings. The van der Waals surface area contributed by atoms with Crippen LogP contribution in [-0.2, 0) is 0 Å². The second-order valence-electron chi connectivity index (χ2n) is 1.79. The topological polar surface area (TPSA) is 52.5 Å². The molecule has 0 aromatic rings. The number of aliphatic hydroxyl groups excluding tert-OH is 1. The SMILES string of the molecule is [CH2]C(C)NCC(O)O. The maximum Gasteiger partial charge on any atom is 0.164 e. The molecular formula is C5H12NO2. The third-order valence-corrected chi connectivity index (χ3v) is 0.649.